The van der Waals surface area contributed by atoms with Crippen LogP contribution in [0.4, 0.5) is 0 Å². The van der Waals surface area contributed by atoms with Gasteiger partial charge in [-0.25, -0.2) is 0 Å². The van der Waals surface area contributed by atoms with Gasteiger partial charge in [0.1, 0.15) is 0 Å². The highest BCUT2D eigenvalue weighted by Crippen LogP contribution is 2.31. The third-order valence-electron chi connectivity index (χ3n) is 4.14. The highest BCUT2D eigenvalue weighted by molar-refractivity contribution is 5.91. The number of hydrogen-bond donors (Lipinski definition) is 2. The zero-order valence-electron chi connectivity index (χ0n) is 12.9. The van der Waals surface area contributed by atoms with Crippen molar-refractivity contribution in [3.8, 4) is 0 Å². The third kappa shape index (κ3) is 3.62. The normalized spacial score (nSPS) is 16.4. The molecule has 5 heteroatoms. The van der Waals surface area contributed by atoms with Crippen molar-refractivity contribution in [2.75, 3.05) is 13.1 Å². The molecular weight excluding hydrogens is 292 g/mol. The lowest BCUT2D eigenvalue weighted by Gasteiger charge is -2.24. The van der Waals surface area contributed by atoms with Crippen LogP contribution >= 0.6 is 0 Å². The summed E-state index contributed by atoms with van der Waals surface area (Å²) >= 11 is 0. The predicted molar refractivity (Wildman–Crippen MR) is 86.2 cm³/mol. The van der Waals surface area contributed by atoms with Crippen molar-refractivity contribution in [1.82, 2.24) is 10.6 Å². The van der Waals surface area contributed by atoms with Crippen molar-refractivity contribution in [2.24, 2.45) is 0 Å². The molecule has 0 radical (unpaired) electrons. The lowest BCUT2D eigenvalue weighted by Crippen LogP contribution is -2.37. The number of furan rings is 1. The van der Waals surface area contributed by atoms with Gasteiger partial charge in [-0.2, -0.15) is 0 Å². The Hall–Kier alpha value is -2.56. The summed E-state index contributed by atoms with van der Waals surface area (Å²) < 4.78 is 5.01. The van der Waals surface area contributed by atoms with Crippen molar-refractivity contribution < 1.29 is 14.0 Å². The molecule has 0 bridgehead atoms. The average molecular weight is 312 g/mol. The molecule has 1 aliphatic rings. The van der Waals surface area contributed by atoms with E-state index in [1.807, 2.05) is 18.2 Å². The zero-order valence-corrected chi connectivity index (χ0v) is 12.9. The Morgan fingerprint density at radius 1 is 1.09 bits per heavy atom. The van der Waals surface area contributed by atoms with E-state index in [2.05, 4.69) is 16.7 Å². The molecule has 1 aromatic heterocycles. The van der Waals surface area contributed by atoms with Crippen LogP contribution in [0.5, 0.6) is 0 Å². The Kier molecular flexibility index (Phi) is 4.76. The van der Waals surface area contributed by atoms with Gasteiger partial charge in [0.15, 0.2) is 5.76 Å². The number of fused-ring (bicyclic) bond motifs is 1. The lowest BCUT2D eigenvalue weighted by atomic mass is 9.82. The van der Waals surface area contributed by atoms with E-state index in [9.17, 15) is 9.59 Å². The van der Waals surface area contributed by atoms with E-state index < -0.39 is 0 Å². The van der Waals surface area contributed by atoms with Gasteiger partial charge in [-0.05, 0) is 42.5 Å². The molecule has 0 aliphatic heterocycles. The molecule has 1 aromatic carbocycles. The molecule has 1 unspecified atom stereocenters. The molecule has 1 heterocycles. The molecule has 5 nitrogen and oxygen atoms in total. The summed E-state index contributed by atoms with van der Waals surface area (Å²) in [5.41, 5.74) is 2.40. The fourth-order valence-corrected chi connectivity index (χ4v) is 3.01. The second kappa shape index (κ2) is 7.13. The van der Waals surface area contributed by atoms with E-state index in [1.54, 1.807) is 12.1 Å². The number of benzene rings is 1. The van der Waals surface area contributed by atoms with E-state index in [0.29, 0.717) is 13.1 Å². The summed E-state index contributed by atoms with van der Waals surface area (Å²) in [7, 11) is 0. The van der Waals surface area contributed by atoms with Crippen LogP contribution in [0.25, 0.3) is 0 Å². The van der Waals surface area contributed by atoms with Gasteiger partial charge in [-0.15, -0.1) is 0 Å². The van der Waals surface area contributed by atoms with Crippen LogP contribution in [0.1, 0.15) is 40.4 Å². The van der Waals surface area contributed by atoms with Crippen LogP contribution in [-0.4, -0.2) is 24.9 Å². The monoisotopic (exact) mass is 312 g/mol. The molecule has 2 aromatic rings. The maximum absolute atomic E-state index is 12.4. The van der Waals surface area contributed by atoms with Crippen LogP contribution in [0, 0.1) is 0 Å². The van der Waals surface area contributed by atoms with E-state index in [4.69, 9.17) is 4.42 Å². The van der Waals surface area contributed by atoms with Crippen molar-refractivity contribution in [3.63, 3.8) is 0 Å². The van der Waals surface area contributed by atoms with Crippen LogP contribution in [0.2, 0.25) is 0 Å². The maximum Gasteiger partial charge on any atom is 0.287 e. The van der Waals surface area contributed by atoms with Crippen LogP contribution in [-0.2, 0) is 11.2 Å². The molecule has 120 valence electrons. The maximum atomic E-state index is 12.4. The summed E-state index contributed by atoms with van der Waals surface area (Å²) in [5, 5.41) is 5.62. The SMILES string of the molecule is O=C(NCCNC(=O)C1CCCc2ccccc21)c1ccco1. The summed E-state index contributed by atoms with van der Waals surface area (Å²) in [5.74, 6) is -0.0464. The van der Waals surface area contributed by atoms with Crippen molar-refractivity contribution in [2.45, 2.75) is 25.2 Å². The molecule has 2 N–H and O–H groups in total. The predicted octanol–water partition coefficient (Wildman–Crippen LogP) is 2.25. The van der Waals surface area contributed by atoms with Gasteiger partial charge >= 0.3 is 0 Å². The number of amides is 2. The molecule has 3 rings (SSSR count). The minimum absolute atomic E-state index is 0.0318. The number of aryl methyl sites for hydroxylation is 1. The molecule has 0 spiro atoms. The fourth-order valence-electron chi connectivity index (χ4n) is 3.01. The summed E-state index contributed by atoms with van der Waals surface area (Å²) in [4.78, 5) is 24.1. The minimum atomic E-state index is -0.271. The standard InChI is InChI=1S/C18H20N2O3/c21-17(15-8-3-6-13-5-1-2-7-14(13)15)19-10-11-20-18(22)16-9-4-12-23-16/h1-2,4-5,7,9,12,15H,3,6,8,10-11H2,(H,19,21)(H,20,22). The quantitative estimate of drug-likeness (QED) is 0.832. The molecule has 0 fully saturated rings. The minimum Gasteiger partial charge on any atom is -0.459 e. The number of nitrogens with one attached hydrogen (secondary N) is 2. The highest BCUT2D eigenvalue weighted by Gasteiger charge is 2.25. The molecule has 1 atom stereocenters. The fraction of sp³-hybridized carbons (Fsp3) is 0.333. The van der Waals surface area contributed by atoms with Crippen molar-refractivity contribution in [1.29, 1.82) is 0 Å². The first-order valence-corrected chi connectivity index (χ1v) is 7.93. The van der Waals surface area contributed by atoms with Crippen LogP contribution in [0.15, 0.2) is 47.1 Å². The van der Waals surface area contributed by atoms with Crippen molar-refractivity contribution >= 4 is 11.8 Å². The first-order chi connectivity index (χ1) is 11.3. The molecule has 0 saturated carbocycles. The first kappa shape index (κ1) is 15.3. The van der Waals surface area contributed by atoms with Crippen LogP contribution in [0.3, 0.4) is 0 Å². The largest absolute Gasteiger partial charge is 0.459 e. The van der Waals surface area contributed by atoms with Gasteiger partial charge in [-0.1, -0.05) is 24.3 Å². The zero-order chi connectivity index (χ0) is 16.1. The van der Waals surface area contributed by atoms with E-state index >= 15 is 0 Å². The van der Waals surface area contributed by atoms with E-state index in [-0.39, 0.29) is 23.5 Å². The second-order valence-corrected chi connectivity index (χ2v) is 5.67. The first-order valence-electron chi connectivity index (χ1n) is 7.93. The number of carbonyl (C=O) groups excluding carboxylic acids is 2. The summed E-state index contributed by atoms with van der Waals surface area (Å²) in [6.07, 6.45) is 4.41. The Bertz CT molecular complexity index is 679. The summed E-state index contributed by atoms with van der Waals surface area (Å²) in [6.45, 7) is 0.781. The number of hydrogen-bond acceptors (Lipinski definition) is 3. The Balaban J connectivity index is 1.48. The van der Waals surface area contributed by atoms with Crippen LogP contribution < -0.4 is 10.6 Å². The number of carbonyl (C=O) groups is 2. The van der Waals surface area contributed by atoms with Gasteiger partial charge in [0.2, 0.25) is 5.91 Å². The van der Waals surface area contributed by atoms with Gasteiger partial charge in [0, 0.05) is 13.1 Å². The van der Waals surface area contributed by atoms with Crippen molar-refractivity contribution in [3.05, 3.63) is 59.5 Å². The smallest absolute Gasteiger partial charge is 0.287 e. The second-order valence-electron chi connectivity index (χ2n) is 5.67. The van der Waals surface area contributed by atoms with Gasteiger partial charge in [0.05, 0.1) is 12.2 Å². The Labute approximate surface area is 135 Å². The van der Waals surface area contributed by atoms with Gasteiger partial charge < -0.3 is 15.1 Å². The average Bonchev–Trinajstić information content (AvgIpc) is 3.12. The topological polar surface area (TPSA) is 71.3 Å². The Morgan fingerprint density at radius 3 is 2.74 bits per heavy atom. The highest BCUT2D eigenvalue weighted by atomic mass is 16.3. The molecule has 1 aliphatic carbocycles. The van der Waals surface area contributed by atoms with E-state index in [1.165, 1.54) is 11.8 Å². The third-order valence-corrected chi connectivity index (χ3v) is 4.14. The summed E-state index contributed by atoms with van der Waals surface area (Å²) in [6, 6.07) is 11.4. The molecule has 23 heavy (non-hydrogen) atoms. The lowest BCUT2D eigenvalue weighted by molar-refractivity contribution is -0.122. The van der Waals surface area contributed by atoms with Gasteiger partial charge in [-0.3, -0.25) is 9.59 Å². The molecular formula is C18H20N2O3. The Morgan fingerprint density at radius 2 is 1.91 bits per heavy atom. The van der Waals surface area contributed by atoms with E-state index in [0.717, 1.165) is 24.8 Å². The molecule has 0 saturated heterocycles. The number of rotatable bonds is 5. The van der Waals surface area contributed by atoms with Gasteiger partial charge in [0.25, 0.3) is 5.91 Å². The molecule has 2 amide bonds.